The van der Waals surface area contributed by atoms with Crippen LogP contribution in [0.25, 0.3) is 5.65 Å². The van der Waals surface area contributed by atoms with E-state index < -0.39 is 5.97 Å². The summed E-state index contributed by atoms with van der Waals surface area (Å²) in [6.07, 6.45) is 2.00. The number of fused-ring (bicyclic) bond motifs is 1. The van der Waals surface area contributed by atoms with Crippen molar-refractivity contribution in [3.63, 3.8) is 0 Å². The van der Waals surface area contributed by atoms with Crippen molar-refractivity contribution in [3.05, 3.63) is 35.8 Å². The van der Waals surface area contributed by atoms with E-state index in [0.717, 1.165) is 0 Å². The van der Waals surface area contributed by atoms with Crippen molar-refractivity contribution < 1.29 is 14.7 Å². The third-order valence-corrected chi connectivity index (χ3v) is 1.87. The van der Waals surface area contributed by atoms with Gasteiger partial charge in [0.05, 0.1) is 0 Å². The Bertz CT molecular complexity index is 516. The summed E-state index contributed by atoms with van der Waals surface area (Å²) >= 11 is 0. The summed E-state index contributed by atoms with van der Waals surface area (Å²) in [7, 11) is 0. The molecule has 2 rings (SSSR count). The van der Waals surface area contributed by atoms with Gasteiger partial charge in [-0.2, -0.15) is 0 Å². The van der Waals surface area contributed by atoms with Gasteiger partial charge in [0, 0.05) is 6.20 Å². The first kappa shape index (κ1) is 8.43. The number of aldehydes is 1. The minimum Gasteiger partial charge on any atom is -0.476 e. The van der Waals surface area contributed by atoms with E-state index in [0.29, 0.717) is 11.9 Å². The van der Waals surface area contributed by atoms with Crippen molar-refractivity contribution in [1.29, 1.82) is 0 Å². The summed E-state index contributed by atoms with van der Waals surface area (Å²) in [5, 5.41) is 8.86. The van der Waals surface area contributed by atoms with E-state index >= 15 is 0 Å². The molecule has 0 radical (unpaired) electrons. The number of aromatic nitrogens is 2. The first-order chi connectivity index (χ1) is 6.74. The first-order valence-corrected chi connectivity index (χ1v) is 3.89. The molecule has 0 amide bonds. The van der Waals surface area contributed by atoms with Crippen molar-refractivity contribution in [2.24, 2.45) is 0 Å². The number of hydrogen-bond acceptors (Lipinski definition) is 3. The van der Waals surface area contributed by atoms with E-state index in [1.54, 1.807) is 24.4 Å². The van der Waals surface area contributed by atoms with Crippen LogP contribution < -0.4 is 0 Å². The lowest BCUT2D eigenvalue weighted by molar-refractivity contribution is 0.0686. The molecule has 1 N–H and O–H groups in total. The molecular formula is C9H6N2O3. The minimum absolute atomic E-state index is 0.0521. The number of carbonyl (C=O) groups is 2. The van der Waals surface area contributed by atoms with Gasteiger partial charge in [0.1, 0.15) is 11.3 Å². The maximum atomic E-state index is 10.8. The lowest BCUT2D eigenvalue weighted by Crippen LogP contribution is -2.04. The molecule has 0 aromatic carbocycles. The van der Waals surface area contributed by atoms with Crippen LogP contribution in [0.4, 0.5) is 0 Å². The molecule has 0 aliphatic heterocycles. The van der Waals surface area contributed by atoms with Gasteiger partial charge < -0.3 is 5.11 Å². The summed E-state index contributed by atoms with van der Waals surface area (Å²) in [6.45, 7) is 0. The van der Waals surface area contributed by atoms with Gasteiger partial charge in [-0.1, -0.05) is 6.07 Å². The molecular weight excluding hydrogens is 184 g/mol. The third kappa shape index (κ3) is 1.06. The highest BCUT2D eigenvalue weighted by atomic mass is 16.4. The van der Waals surface area contributed by atoms with Gasteiger partial charge in [0.15, 0.2) is 12.0 Å². The minimum atomic E-state index is -1.16. The standard InChI is InChI=1S/C9H6N2O3/c12-5-6-8(9(13)14)11-4-2-1-3-7(11)10-6/h1-5H,(H,13,14). The predicted molar refractivity (Wildman–Crippen MR) is 47.5 cm³/mol. The second-order valence-electron chi connectivity index (χ2n) is 2.70. The summed E-state index contributed by atoms with van der Waals surface area (Å²) in [5.41, 5.74) is 0.298. The van der Waals surface area contributed by atoms with Crippen molar-refractivity contribution in [2.75, 3.05) is 0 Å². The number of carboxylic acid groups (broad SMARTS) is 1. The number of carbonyl (C=O) groups excluding carboxylic acids is 1. The second kappa shape index (κ2) is 2.95. The Labute approximate surface area is 78.6 Å². The molecule has 0 spiro atoms. The molecule has 5 heteroatoms. The van der Waals surface area contributed by atoms with E-state index in [1.165, 1.54) is 4.40 Å². The van der Waals surface area contributed by atoms with Gasteiger partial charge in [0.2, 0.25) is 0 Å². The average molecular weight is 190 g/mol. The van der Waals surface area contributed by atoms with Gasteiger partial charge in [-0.25, -0.2) is 9.78 Å². The first-order valence-electron chi connectivity index (χ1n) is 3.89. The number of hydrogen-bond donors (Lipinski definition) is 1. The van der Waals surface area contributed by atoms with Crippen LogP contribution in [0, 0.1) is 0 Å². The highest BCUT2D eigenvalue weighted by Crippen LogP contribution is 2.10. The van der Waals surface area contributed by atoms with Crippen LogP contribution in [0.2, 0.25) is 0 Å². The van der Waals surface area contributed by atoms with Crippen LogP contribution >= 0.6 is 0 Å². The Morgan fingerprint density at radius 1 is 1.50 bits per heavy atom. The van der Waals surface area contributed by atoms with Gasteiger partial charge in [0.25, 0.3) is 0 Å². The Hall–Kier alpha value is -2.17. The molecule has 2 aromatic heterocycles. The maximum absolute atomic E-state index is 10.8. The Morgan fingerprint density at radius 2 is 2.29 bits per heavy atom. The third-order valence-electron chi connectivity index (χ3n) is 1.87. The zero-order valence-electron chi connectivity index (χ0n) is 7.04. The molecule has 0 bridgehead atoms. The lowest BCUT2D eigenvalue weighted by atomic mass is 10.3. The van der Waals surface area contributed by atoms with Crippen LogP contribution in [0.15, 0.2) is 24.4 Å². The lowest BCUT2D eigenvalue weighted by Gasteiger charge is -1.94. The molecule has 0 atom stereocenters. The fourth-order valence-corrected chi connectivity index (χ4v) is 1.31. The zero-order valence-corrected chi connectivity index (χ0v) is 7.04. The molecule has 5 nitrogen and oxygen atoms in total. The largest absolute Gasteiger partial charge is 0.476 e. The molecule has 0 fully saturated rings. The molecule has 0 unspecified atom stereocenters. The van der Waals surface area contributed by atoms with Gasteiger partial charge in [-0.15, -0.1) is 0 Å². The number of carboxylic acids is 1. The molecule has 70 valence electrons. The van der Waals surface area contributed by atoms with Crippen molar-refractivity contribution in [2.45, 2.75) is 0 Å². The van der Waals surface area contributed by atoms with E-state index in [-0.39, 0.29) is 11.4 Å². The van der Waals surface area contributed by atoms with E-state index in [1.807, 2.05) is 0 Å². The second-order valence-corrected chi connectivity index (χ2v) is 2.70. The summed E-state index contributed by atoms with van der Waals surface area (Å²) < 4.78 is 1.37. The van der Waals surface area contributed by atoms with Crippen molar-refractivity contribution in [3.8, 4) is 0 Å². The molecule has 0 aliphatic carbocycles. The Balaban J connectivity index is 2.87. The molecule has 14 heavy (non-hydrogen) atoms. The average Bonchev–Trinajstić information content (AvgIpc) is 2.55. The topological polar surface area (TPSA) is 71.7 Å². The number of pyridine rings is 1. The quantitative estimate of drug-likeness (QED) is 0.712. The van der Waals surface area contributed by atoms with Crippen LogP contribution in [0.1, 0.15) is 21.0 Å². The fraction of sp³-hybridized carbons (Fsp3) is 0. The predicted octanol–water partition coefficient (Wildman–Crippen LogP) is 0.845. The van der Waals surface area contributed by atoms with E-state index in [2.05, 4.69) is 4.98 Å². The monoisotopic (exact) mass is 190 g/mol. The molecule has 0 saturated heterocycles. The summed E-state index contributed by atoms with van der Waals surface area (Å²) in [6, 6.07) is 5.04. The Morgan fingerprint density at radius 3 is 2.93 bits per heavy atom. The highest BCUT2D eigenvalue weighted by Gasteiger charge is 2.16. The molecule has 2 heterocycles. The zero-order chi connectivity index (χ0) is 10.1. The van der Waals surface area contributed by atoms with Gasteiger partial charge in [-0.05, 0) is 12.1 Å². The number of nitrogens with zero attached hydrogens (tertiary/aromatic N) is 2. The normalized spacial score (nSPS) is 10.3. The molecule has 0 aliphatic rings. The summed E-state index contributed by atoms with van der Waals surface area (Å²) in [4.78, 5) is 25.3. The van der Waals surface area contributed by atoms with E-state index in [4.69, 9.17) is 5.11 Å². The number of imidazole rings is 1. The van der Waals surface area contributed by atoms with Gasteiger partial charge >= 0.3 is 5.97 Å². The number of rotatable bonds is 2. The fourth-order valence-electron chi connectivity index (χ4n) is 1.31. The summed E-state index contributed by atoms with van der Waals surface area (Å²) in [5.74, 6) is -1.16. The maximum Gasteiger partial charge on any atom is 0.355 e. The van der Waals surface area contributed by atoms with E-state index in [9.17, 15) is 9.59 Å². The van der Waals surface area contributed by atoms with Gasteiger partial charge in [-0.3, -0.25) is 9.20 Å². The van der Waals surface area contributed by atoms with Crippen LogP contribution in [-0.2, 0) is 0 Å². The molecule has 0 saturated carbocycles. The van der Waals surface area contributed by atoms with Crippen LogP contribution in [0.5, 0.6) is 0 Å². The highest BCUT2D eigenvalue weighted by molar-refractivity contribution is 5.95. The van der Waals surface area contributed by atoms with Crippen LogP contribution in [0.3, 0.4) is 0 Å². The Kier molecular flexibility index (Phi) is 1.78. The molecule has 2 aromatic rings. The SMILES string of the molecule is O=Cc1nc2ccccn2c1C(=O)O. The van der Waals surface area contributed by atoms with Crippen molar-refractivity contribution >= 4 is 17.9 Å². The van der Waals surface area contributed by atoms with Crippen LogP contribution in [-0.4, -0.2) is 26.7 Å². The number of aromatic carboxylic acids is 1. The van der Waals surface area contributed by atoms with Crippen molar-refractivity contribution in [1.82, 2.24) is 9.38 Å². The smallest absolute Gasteiger partial charge is 0.355 e.